The van der Waals surface area contributed by atoms with Gasteiger partial charge in [-0.3, -0.25) is 0 Å². The molecule has 0 fully saturated rings. The van der Waals surface area contributed by atoms with Crippen LogP contribution < -0.4 is 5.73 Å². The Morgan fingerprint density at radius 2 is 2.20 bits per heavy atom. The minimum atomic E-state index is -0.353. The molecule has 3 nitrogen and oxygen atoms in total. The number of rotatable bonds is 4. The first-order valence-electron chi connectivity index (χ1n) is 4.89. The van der Waals surface area contributed by atoms with Gasteiger partial charge in [-0.25, -0.2) is 4.79 Å². The first-order chi connectivity index (χ1) is 7.20. The van der Waals surface area contributed by atoms with Gasteiger partial charge >= 0.3 is 5.97 Å². The Kier molecular flexibility index (Phi) is 4.49. The third-order valence-corrected chi connectivity index (χ3v) is 2.82. The van der Waals surface area contributed by atoms with E-state index in [1.165, 1.54) is 0 Å². The Labute approximate surface area is 94.0 Å². The molecule has 82 valence electrons. The highest BCUT2D eigenvalue weighted by atomic mass is 32.2. The first-order valence-corrected chi connectivity index (χ1v) is 5.87. The molecule has 0 aliphatic heterocycles. The lowest BCUT2D eigenvalue weighted by atomic mass is 10.2. The summed E-state index contributed by atoms with van der Waals surface area (Å²) in [5.74, 6) is 0.574. The smallest absolute Gasteiger partial charge is 0.340 e. The van der Waals surface area contributed by atoms with Crippen LogP contribution in [0.25, 0.3) is 0 Å². The van der Waals surface area contributed by atoms with E-state index >= 15 is 0 Å². The third kappa shape index (κ3) is 2.89. The van der Waals surface area contributed by atoms with E-state index in [2.05, 4.69) is 0 Å². The lowest BCUT2D eigenvalue weighted by Gasteiger charge is -2.08. The molecule has 1 aromatic rings. The van der Waals surface area contributed by atoms with Gasteiger partial charge in [-0.1, -0.05) is 13.0 Å². The summed E-state index contributed by atoms with van der Waals surface area (Å²) in [6.45, 7) is 4.18. The second-order valence-electron chi connectivity index (χ2n) is 2.87. The first kappa shape index (κ1) is 11.9. The molecule has 0 atom stereocenters. The van der Waals surface area contributed by atoms with Crippen LogP contribution in [-0.2, 0) is 4.74 Å². The molecule has 0 radical (unpaired) electrons. The molecule has 0 aliphatic carbocycles. The summed E-state index contributed by atoms with van der Waals surface area (Å²) in [6, 6.07) is 5.42. The van der Waals surface area contributed by atoms with Crippen molar-refractivity contribution < 1.29 is 9.53 Å². The van der Waals surface area contributed by atoms with Crippen LogP contribution in [0.1, 0.15) is 24.2 Å². The summed E-state index contributed by atoms with van der Waals surface area (Å²) in [6.07, 6.45) is 0. The lowest BCUT2D eigenvalue weighted by molar-refractivity contribution is 0.0527. The number of carbonyl (C=O) groups is 1. The van der Waals surface area contributed by atoms with E-state index in [1.807, 2.05) is 19.1 Å². The molecule has 0 spiro atoms. The fourth-order valence-corrected chi connectivity index (χ4v) is 1.96. The van der Waals surface area contributed by atoms with Crippen molar-refractivity contribution in [1.82, 2.24) is 0 Å². The molecule has 0 saturated heterocycles. The molecule has 0 amide bonds. The van der Waals surface area contributed by atoms with Gasteiger partial charge in [0.2, 0.25) is 0 Å². The van der Waals surface area contributed by atoms with Crippen LogP contribution in [0.15, 0.2) is 23.1 Å². The van der Waals surface area contributed by atoms with E-state index in [4.69, 9.17) is 10.5 Å². The van der Waals surface area contributed by atoms with Crippen molar-refractivity contribution in [2.45, 2.75) is 18.7 Å². The number of nitrogen functional groups attached to an aromatic ring is 1. The predicted octanol–water partition coefficient (Wildman–Crippen LogP) is 2.56. The highest BCUT2D eigenvalue weighted by Gasteiger charge is 2.12. The number of ether oxygens (including phenoxy) is 1. The van der Waals surface area contributed by atoms with Crippen LogP contribution in [0.4, 0.5) is 5.69 Å². The molecular weight excluding hydrogens is 210 g/mol. The predicted molar refractivity (Wildman–Crippen MR) is 63.2 cm³/mol. The molecule has 4 heteroatoms. The van der Waals surface area contributed by atoms with Crippen LogP contribution in [0.2, 0.25) is 0 Å². The minimum absolute atomic E-state index is 0.353. The molecule has 15 heavy (non-hydrogen) atoms. The van der Waals surface area contributed by atoms with Gasteiger partial charge in [-0.2, -0.15) is 0 Å². The summed E-state index contributed by atoms with van der Waals surface area (Å²) in [5.41, 5.74) is 6.85. The van der Waals surface area contributed by atoms with Crippen LogP contribution >= 0.6 is 11.8 Å². The zero-order chi connectivity index (χ0) is 11.3. The second-order valence-corrected chi connectivity index (χ2v) is 4.18. The van der Waals surface area contributed by atoms with E-state index in [9.17, 15) is 4.79 Å². The van der Waals surface area contributed by atoms with Gasteiger partial charge in [-0.15, -0.1) is 11.8 Å². The van der Waals surface area contributed by atoms with E-state index < -0.39 is 0 Å². The Morgan fingerprint density at radius 1 is 1.47 bits per heavy atom. The topological polar surface area (TPSA) is 52.3 Å². The van der Waals surface area contributed by atoms with E-state index in [-0.39, 0.29) is 5.97 Å². The van der Waals surface area contributed by atoms with Crippen molar-refractivity contribution in [1.29, 1.82) is 0 Å². The SMILES string of the molecule is CCOC(=O)c1cccc(SCC)c1N. The fraction of sp³-hybridized carbons (Fsp3) is 0.364. The van der Waals surface area contributed by atoms with Gasteiger partial charge in [0.1, 0.15) is 0 Å². The van der Waals surface area contributed by atoms with Gasteiger partial charge in [0.25, 0.3) is 0 Å². The van der Waals surface area contributed by atoms with Gasteiger partial charge in [0.15, 0.2) is 0 Å². The van der Waals surface area contributed by atoms with Crippen molar-refractivity contribution in [2.75, 3.05) is 18.1 Å². The lowest BCUT2D eigenvalue weighted by Crippen LogP contribution is -2.08. The molecular formula is C11H15NO2S. The quantitative estimate of drug-likeness (QED) is 0.486. The number of hydrogen-bond donors (Lipinski definition) is 1. The van der Waals surface area contributed by atoms with Crippen molar-refractivity contribution >= 4 is 23.4 Å². The maximum absolute atomic E-state index is 11.5. The molecule has 0 unspecified atom stereocenters. The van der Waals surface area contributed by atoms with Gasteiger partial charge in [0, 0.05) is 4.90 Å². The standard InChI is InChI=1S/C11H15NO2S/c1-3-14-11(13)8-6-5-7-9(10(8)12)15-4-2/h5-7H,3-4,12H2,1-2H3. The van der Waals surface area contributed by atoms with Gasteiger partial charge in [-0.05, 0) is 24.8 Å². The minimum Gasteiger partial charge on any atom is -0.462 e. The zero-order valence-electron chi connectivity index (χ0n) is 8.95. The molecule has 0 aromatic heterocycles. The van der Waals surface area contributed by atoms with Crippen LogP contribution in [0.3, 0.4) is 0 Å². The normalized spacial score (nSPS) is 10.0. The van der Waals surface area contributed by atoms with Gasteiger partial charge < -0.3 is 10.5 Å². The third-order valence-electron chi connectivity index (χ3n) is 1.86. The molecule has 1 rings (SSSR count). The Balaban J connectivity index is 2.98. The number of hydrogen-bond acceptors (Lipinski definition) is 4. The Hall–Kier alpha value is -1.16. The maximum atomic E-state index is 11.5. The van der Waals surface area contributed by atoms with Crippen molar-refractivity contribution in [3.63, 3.8) is 0 Å². The number of thioether (sulfide) groups is 1. The largest absolute Gasteiger partial charge is 0.462 e. The summed E-state index contributed by atoms with van der Waals surface area (Å²) in [7, 11) is 0. The van der Waals surface area contributed by atoms with Crippen molar-refractivity contribution in [2.24, 2.45) is 0 Å². The highest BCUT2D eigenvalue weighted by molar-refractivity contribution is 7.99. The number of para-hydroxylation sites is 1. The van der Waals surface area contributed by atoms with E-state index in [1.54, 1.807) is 24.8 Å². The summed E-state index contributed by atoms with van der Waals surface area (Å²) in [4.78, 5) is 12.4. The number of esters is 1. The number of nitrogens with two attached hydrogens (primary N) is 1. The van der Waals surface area contributed by atoms with E-state index in [0.29, 0.717) is 17.9 Å². The Bertz CT molecular complexity index is 352. The summed E-state index contributed by atoms with van der Waals surface area (Å²) < 4.78 is 4.91. The molecule has 0 saturated carbocycles. The molecule has 0 bridgehead atoms. The summed E-state index contributed by atoms with van der Waals surface area (Å²) in [5, 5.41) is 0. The number of benzene rings is 1. The molecule has 0 aliphatic rings. The average molecular weight is 225 g/mol. The second kappa shape index (κ2) is 5.66. The molecule has 2 N–H and O–H groups in total. The monoisotopic (exact) mass is 225 g/mol. The zero-order valence-corrected chi connectivity index (χ0v) is 9.76. The van der Waals surface area contributed by atoms with Crippen molar-refractivity contribution in [3.8, 4) is 0 Å². The molecule has 1 aromatic carbocycles. The fourth-order valence-electron chi connectivity index (χ4n) is 1.21. The van der Waals surface area contributed by atoms with Crippen LogP contribution in [0, 0.1) is 0 Å². The Morgan fingerprint density at radius 3 is 2.80 bits per heavy atom. The van der Waals surface area contributed by atoms with Crippen LogP contribution in [0.5, 0.6) is 0 Å². The maximum Gasteiger partial charge on any atom is 0.340 e. The van der Waals surface area contributed by atoms with Crippen LogP contribution in [-0.4, -0.2) is 18.3 Å². The number of carbonyl (C=O) groups excluding carboxylic acids is 1. The average Bonchev–Trinajstić information content (AvgIpc) is 2.22. The highest BCUT2D eigenvalue weighted by Crippen LogP contribution is 2.27. The van der Waals surface area contributed by atoms with Gasteiger partial charge in [0.05, 0.1) is 17.9 Å². The number of anilines is 1. The summed E-state index contributed by atoms with van der Waals surface area (Å²) >= 11 is 1.62. The van der Waals surface area contributed by atoms with Crippen molar-refractivity contribution in [3.05, 3.63) is 23.8 Å². The van der Waals surface area contributed by atoms with E-state index in [0.717, 1.165) is 10.6 Å². The molecule has 0 heterocycles.